The molecule has 1 aromatic carbocycles. The highest BCUT2D eigenvalue weighted by Crippen LogP contribution is 2.10. The molecule has 28 heavy (non-hydrogen) atoms. The van der Waals surface area contributed by atoms with Crippen LogP contribution in [0.15, 0.2) is 38.8 Å². The summed E-state index contributed by atoms with van der Waals surface area (Å²) in [6, 6.07) is 5.89. The Morgan fingerprint density at radius 1 is 1.14 bits per heavy atom. The predicted octanol–water partition coefficient (Wildman–Crippen LogP) is -0.0519. The Labute approximate surface area is 161 Å². The normalized spacial score (nSPS) is 15.3. The zero-order chi connectivity index (χ0) is 19.9. The number of aromatic nitrogens is 2. The number of piperazine rings is 1. The van der Waals surface area contributed by atoms with Gasteiger partial charge in [-0.15, -0.1) is 0 Å². The fraction of sp³-hybridized carbons (Fsp3) is 0.421. The fourth-order valence-corrected chi connectivity index (χ4v) is 3.08. The van der Waals surface area contributed by atoms with Crippen LogP contribution < -0.4 is 16.6 Å². The van der Waals surface area contributed by atoms with Crippen molar-refractivity contribution in [3.63, 3.8) is 0 Å². The Morgan fingerprint density at radius 2 is 1.86 bits per heavy atom. The number of benzene rings is 1. The molecule has 0 saturated carbocycles. The molecule has 0 bridgehead atoms. The summed E-state index contributed by atoms with van der Waals surface area (Å²) in [5.74, 6) is -0.756. The van der Waals surface area contributed by atoms with E-state index in [4.69, 9.17) is 0 Å². The van der Waals surface area contributed by atoms with Crippen LogP contribution in [-0.4, -0.2) is 65.0 Å². The number of hydrogen-bond donors (Lipinski definition) is 3. The van der Waals surface area contributed by atoms with Gasteiger partial charge in [-0.2, -0.15) is 0 Å². The molecule has 2 aromatic rings. The molecule has 0 amide bonds. The molecule has 150 valence electrons. The van der Waals surface area contributed by atoms with Crippen LogP contribution in [0.4, 0.5) is 4.39 Å². The molecule has 1 aliphatic rings. The summed E-state index contributed by atoms with van der Waals surface area (Å²) in [6.07, 6.45) is 1.71. The van der Waals surface area contributed by atoms with E-state index in [9.17, 15) is 19.1 Å². The van der Waals surface area contributed by atoms with Crippen LogP contribution in [0.1, 0.15) is 11.1 Å². The van der Waals surface area contributed by atoms with Crippen molar-refractivity contribution in [1.82, 2.24) is 19.8 Å². The van der Waals surface area contributed by atoms with Gasteiger partial charge in [-0.25, -0.2) is 9.18 Å². The van der Waals surface area contributed by atoms with Gasteiger partial charge >= 0.3 is 5.69 Å². The summed E-state index contributed by atoms with van der Waals surface area (Å²) < 4.78 is 14.1. The number of H-pyrrole nitrogens is 1. The molecule has 9 heteroatoms. The largest absolute Gasteiger partial charge is 0.494 e. The first-order valence-electron chi connectivity index (χ1n) is 9.28. The maximum absolute atomic E-state index is 13.0. The van der Waals surface area contributed by atoms with Crippen molar-refractivity contribution in [2.45, 2.75) is 13.0 Å². The lowest BCUT2D eigenvalue weighted by molar-refractivity contribution is 0.248. The molecular formula is C19H24FN5O3. The van der Waals surface area contributed by atoms with Crippen LogP contribution in [0.3, 0.4) is 0 Å². The smallest absolute Gasteiger partial charge is 0.331 e. The number of halogens is 1. The Kier molecular flexibility index (Phi) is 6.72. The summed E-state index contributed by atoms with van der Waals surface area (Å²) in [5, 5.41) is 13.7. The molecule has 1 aromatic heterocycles. The number of aryl methyl sites for hydroxylation is 1. The van der Waals surface area contributed by atoms with Crippen LogP contribution >= 0.6 is 0 Å². The van der Waals surface area contributed by atoms with Gasteiger partial charge in [-0.3, -0.25) is 24.2 Å². The summed E-state index contributed by atoms with van der Waals surface area (Å²) in [6.45, 7) is 5.21. The van der Waals surface area contributed by atoms with E-state index in [1.54, 1.807) is 12.1 Å². The number of aromatic hydroxyl groups is 1. The van der Waals surface area contributed by atoms with Crippen LogP contribution in [0, 0.1) is 5.82 Å². The van der Waals surface area contributed by atoms with Crippen molar-refractivity contribution in [3.8, 4) is 5.88 Å². The van der Waals surface area contributed by atoms with E-state index in [1.807, 2.05) is 0 Å². The third-order valence-electron chi connectivity index (χ3n) is 4.72. The fourth-order valence-electron chi connectivity index (χ4n) is 3.08. The first kappa shape index (κ1) is 20.0. The van der Waals surface area contributed by atoms with E-state index >= 15 is 0 Å². The van der Waals surface area contributed by atoms with Crippen molar-refractivity contribution in [2.75, 3.05) is 39.3 Å². The molecular weight excluding hydrogens is 365 g/mol. The maximum atomic E-state index is 13.0. The molecule has 1 fully saturated rings. The Balaban J connectivity index is 1.68. The van der Waals surface area contributed by atoms with Crippen molar-refractivity contribution < 1.29 is 9.50 Å². The van der Waals surface area contributed by atoms with Gasteiger partial charge in [0.1, 0.15) is 11.4 Å². The number of rotatable bonds is 7. The molecule has 3 N–H and O–H groups in total. The number of aromatic amines is 1. The number of nitrogens with one attached hydrogen (secondary N) is 2. The van der Waals surface area contributed by atoms with Crippen molar-refractivity contribution in [1.29, 1.82) is 0 Å². The molecule has 1 aliphatic heterocycles. The average Bonchev–Trinajstić information content (AvgIpc) is 2.69. The molecule has 0 unspecified atom stereocenters. The SMILES string of the molecule is O=c1[nH]c(=O)n(CCc2ccc(F)cc2)c(O)c1C=NCCN1CCNCC1. The molecule has 0 atom stereocenters. The molecule has 0 radical (unpaired) electrons. The lowest BCUT2D eigenvalue weighted by Gasteiger charge is -2.26. The lowest BCUT2D eigenvalue weighted by Crippen LogP contribution is -2.44. The van der Waals surface area contributed by atoms with Gasteiger partial charge in [0.05, 0.1) is 6.54 Å². The second-order valence-corrected chi connectivity index (χ2v) is 6.65. The molecule has 8 nitrogen and oxygen atoms in total. The number of aliphatic imine (C=N–C) groups is 1. The molecule has 0 aliphatic carbocycles. The van der Waals surface area contributed by atoms with Gasteiger partial charge in [0, 0.05) is 45.5 Å². The highest BCUT2D eigenvalue weighted by atomic mass is 19.1. The van der Waals surface area contributed by atoms with E-state index in [1.165, 1.54) is 18.3 Å². The van der Waals surface area contributed by atoms with E-state index in [-0.39, 0.29) is 17.9 Å². The van der Waals surface area contributed by atoms with E-state index < -0.39 is 17.1 Å². The minimum absolute atomic E-state index is 0.0426. The van der Waals surface area contributed by atoms with Gasteiger partial charge in [-0.1, -0.05) is 12.1 Å². The zero-order valence-corrected chi connectivity index (χ0v) is 15.5. The van der Waals surface area contributed by atoms with Gasteiger partial charge in [0.2, 0.25) is 5.88 Å². The standard InChI is InChI=1S/C19H24FN5O3/c20-15-3-1-14(2-4-15)5-9-25-18(27)16(17(26)23-19(25)28)13-22-8-12-24-10-6-21-7-11-24/h1-4,13,21,27H,5-12H2,(H,23,26,28). The quantitative estimate of drug-likeness (QED) is 0.576. The minimum atomic E-state index is -0.692. The molecule has 3 rings (SSSR count). The molecule has 1 saturated heterocycles. The van der Waals surface area contributed by atoms with E-state index in [0.29, 0.717) is 13.0 Å². The highest BCUT2D eigenvalue weighted by Gasteiger charge is 2.13. The van der Waals surface area contributed by atoms with E-state index in [2.05, 4.69) is 20.2 Å². The third kappa shape index (κ3) is 5.14. The summed E-state index contributed by atoms with van der Waals surface area (Å²) in [5.41, 5.74) is -0.599. The second kappa shape index (κ2) is 9.43. The highest BCUT2D eigenvalue weighted by molar-refractivity contribution is 5.81. The Bertz CT molecular complexity index is 930. The van der Waals surface area contributed by atoms with E-state index in [0.717, 1.165) is 42.9 Å². The topological polar surface area (TPSA) is 103 Å². The Morgan fingerprint density at radius 3 is 2.57 bits per heavy atom. The molecule has 2 heterocycles. The average molecular weight is 389 g/mol. The van der Waals surface area contributed by atoms with Crippen LogP contribution in [0.5, 0.6) is 5.88 Å². The van der Waals surface area contributed by atoms with Crippen molar-refractivity contribution >= 4 is 6.21 Å². The first-order valence-corrected chi connectivity index (χ1v) is 9.28. The molecule has 0 spiro atoms. The van der Waals surface area contributed by atoms with Gasteiger partial charge in [0.25, 0.3) is 5.56 Å². The second-order valence-electron chi connectivity index (χ2n) is 6.65. The van der Waals surface area contributed by atoms with Crippen LogP contribution in [0.25, 0.3) is 0 Å². The maximum Gasteiger partial charge on any atom is 0.331 e. The predicted molar refractivity (Wildman–Crippen MR) is 105 cm³/mol. The summed E-state index contributed by atoms with van der Waals surface area (Å²) >= 11 is 0. The van der Waals surface area contributed by atoms with Gasteiger partial charge in [-0.05, 0) is 24.1 Å². The number of nitrogens with zero attached hydrogens (tertiary/aromatic N) is 3. The third-order valence-corrected chi connectivity index (χ3v) is 4.72. The van der Waals surface area contributed by atoms with Crippen LogP contribution in [-0.2, 0) is 13.0 Å². The van der Waals surface area contributed by atoms with Crippen molar-refractivity contribution in [2.24, 2.45) is 4.99 Å². The minimum Gasteiger partial charge on any atom is -0.494 e. The zero-order valence-electron chi connectivity index (χ0n) is 15.5. The van der Waals surface area contributed by atoms with Crippen molar-refractivity contribution in [3.05, 3.63) is 62.0 Å². The summed E-state index contributed by atoms with van der Waals surface area (Å²) in [4.78, 5) is 32.8. The van der Waals surface area contributed by atoms with Crippen LogP contribution in [0.2, 0.25) is 0 Å². The monoisotopic (exact) mass is 389 g/mol. The Hall–Kier alpha value is -2.78. The first-order chi connectivity index (χ1) is 13.5. The lowest BCUT2D eigenvalue weighted by atomic mass is 10.1. The summed E-state index contributed by atoms with van der Waals surface area (Å²) in [7, 11) is 0. The number of hydrogen-bond acceptors (Lipinski definition) is 6. The van der Waals surface area contributed by atoms with Gasteiger partial charge < -0.3 is 10.4 Å². The van der Waals surface area contributed by atoms with Gasteiger partial charge in [0.15, 0.2) is 0 Å².